The minimum absolute atomic E-state index is 0.253. The van der Waals surface area contributed by atoms with Crippen LogP contribution in [0.4, 0.5) is 0 Å². The van der Waals surface area contributed by atoms with Crippen LogP contribution in [0.5, 0.6) is 0 Å². The van der Waals surface area contributed by atoms with E-state index in [1.54, 1.807) is 4.68 Å². The van der Waals surface area contributed by atoms with Crippen LogP contribution in [0.15, 0.2) is 28.7 Å². The van der Waals surface area contributed by atoms with Crippen LogP contribution in [-0.2, 0) is 13.1 Å². The van der Waals surface area contributed by atoms with Crippen molar-refractivity contribution in [3.63, 3.8) is 0 Å². The summed E-state index contributed by atoms with van der Waals surface area (Å²) < 4.78 is 7.37. The van der Waals surface area contributed by atoms with Gasteiger partial charge in [0.2, 0.25) is 5.89 Å². The maximum atomic E-state index is 5.57. The first kappa shape index (κ1) is 15.4. The molecule has 0 N–H and O–H groups in total. The Morgan fingerprint density at radius 3 is 2.91 bits per heavy atom. The normalized spacial score (nSPS) is 18.0. The summed E-state index contributed by atoms with van der Waals surface area (Å²) in [6.07, 6.45) is 3.59. The molecule has 0 saturated heterocycles. The Kier molecular flexibility index (Phi) is 4.45. The molecule has 5 heteroatoms. The molecule has 1 heterocycles. The standard InChI is InChI=1S/C17H23N3OS/c1-12(2)16-18-20(17(22)21-16)11-19(3)15-10-6-8-13-7-4-5-9-14(13)15/h4-5,7,9,12,15H,6,8,10-11H2,1-3H3/t15-/m0/s1. The van der Waals surface area contributed by atoms with Crippen molar-refractivity contribution in [3.8, 4) is 0 Å². The van der Waals surface area contributed by atoms with E-state index in [-0.39, 0.29) is 5.92 Å². The zero-order valence-electron chi connectivity index (χ0n) is 13.5. The molecular weight excluding hydrogens is 294 g/mol. The van der Waals surface area contributed by atoms with Gasteiger partial charge in [-0.05, 0) is 49.7 Å². The van der Waals surface area contributed by atoms with Crippen LogP contribution in [0.25, 0.3) is 0 Å². The van der Waals surface area contributed by atoms with Crippen molar-refractivity contribution in [3.05, 3.63) is 46.1 Å². The zero-order chi connectivity index (χ0) is 15.7. The largest absolute Gasteiger partial charge is 0.414 e. The smallest absolute Gasteiger partial charge is 0.288 e. The number of rotatable bonds is 4. The Bertz CT molecular complexity index is 704. The molecule has 1 aromatic heterocycles. The Hall–Kier alpha value is -1.46. The van der Waals surface area contributed by atoms with E-state index in [0.717, 1.165) is 0 Å². The molecule has 1 aromatic carbocycles. The third kappa shape index (κ3) is 3.01. The molecule has 0 saturated carbocycles. The molecule has 0 radical (unpaired) electrons. The molecule has 1 atom stereocenters. The van der Waals surface area contributed by atoms with Gasteiger partial charge in [-0.15, -0.1) is 5.10 Å². The molecule has 0 bridgehead atoms. The lowest BCUT2D eigenvalue weighted by molar-refractivity contribution is 0.164. The van der Waals surface area contributed by atoms with Gasteiger partial charge < -0.3 is 4.42 Å². The lowest BCUT2D eigenvalue weighted by atomic mass is 9.87. The molecule has 118 valence electrons. The van der Waals surface area contributed by atoms with Crippen LogP contribution in [0.2, 0.25) is 0 Å². The zero-order valence-corrected chi connectivity index (χ0v) is 14.3. The van der Waals surface area contributed by atoms with Crippen molar-refractivity contribution in [2.45, 2.75) is 51.7 Å². The lowest BCUT2D eigenvalue weighted by Gasteiger charge is -2.32. The third-order valence-corrected chi connectivity index (χ3v) is 4.64. The topological polar surface area (TPSA) is 34.2 Å². The van der Waals surface area contributed by atoms with Crippen LogP contribution in [0.3, 0.4) is 0 Å². The fraction of sp³-hybridized carbons (Fsp3) is 0.529. The Balaban J connectivity index is 1.81. The molecular formula is C17H23N3OS. The first-order chi connectivity index (χ1) is 10.6. The number of benzene rings is 1. The Labute approximate surface area is 136 Å². The van der Waals surface area contributed by atoms with Crippen LogP contribution in [0, 0.1) is 4.84 Å². The minimum Gasteiger partial charge on any atom is -0.414 e. The van der Waals surface area contributed by atoms with Crippen LogP contribution >= 0.6 is 12.2 Å². The second-order valence-corrected chi connectivity index (χ2v) is 6.71. The van der Waals surface area contributed by atoms with Gasteiger partial charge in [-0.25, -0.2) is 4.68 Å². The fourth-order valence-corrected chi connectivity index (χ4v) is 3.32. The maximum absolute atomic E-state index is 5.57. The summed E-state index contributed by atoms with van der Waals surface area (Å²) in [6, 6.07) is 9.17. The predicted octanol–water partition coefficient (Wildman–Crippen LogP) is 4.30. The van der Waals surface area contributed by atoms with Gasteiger partial charge in [-0.1, -0.05) is 38.1 Å². The van der Waals surface area contributed by atoms with Gasteiger partial charge in [-0.2, -0.15) is 0 Å². The van der Waals surface area contributed by atoms with E-state index >= 15 is 0 Å². The van der Waals surface area contributed by atoms with Crippen molar-refractivity contribution in [1.29, 1.82) is 0 Å². The van der Waals surface area contributed by atoms with Crippen molar-refractivity contribution >= 4 is 12.2 Å². The van der Waals surface area contributed by atoms with E-state index in [1.165, 1.54) is 30.4 Å². The number of hydrogen-bond acceptors (Lipinski definition) is 4. The van der Waals surface area contributed by atoms with E-state index in [0.29, 0.717) is 23.4 Å². The summed E-state index contributed by atoms with van der Waals surface area (Å²) in [5.41, 5.74) is 2.91. The van der Waals surface area contributed by atoms with Crippen LogP contribution < -0.4 is 0 Å². The second-order valence-electron chi connectivity index (χ2n) is 6.37. The molecule has 0 spiro atoms. The maximum Gasteiger partial charge on any atom is 0.288 e. The molecule has 3 rings (SSSR count). The highest BCUT2D eigenvalue weighted by Crippen LogP contribution is 2.33. The summed E-state index contributed by atoms with van der Waals surface area (Å²) in [5, 5.41) is 4.50. The van der Waals surface area contributed by atoms with Crippen LogP contribution in [0.1, 0.15) is 55.7 Å². The molecule has 0 aliphatic heterocycles. The van der Waals surface area contributed by atoms with Gasteiger partial charge in [0, 0.05) is 12.0 Å². The van der Waals surface area contributed by atoms with Gasteiger partial charge in [-0.3, -0.25) is 4.90 Å². The Morgan fingerprint density at radius 1 is 1.41 bits per heavy atom. The summed E-state index contributed by atoms with van der Waals surface area (Å²) in [7, 11) is 2.14. The van der Waals surface area contributed by atoms with Crippen LogP contribution in [-0.4, -0.2) is 21.7 Å². The van der Waals surface area contributed by atoms with Crippen molar-refractivity contribution in [1.82, 2.24) is 14.7 Å². The van der Waals surface area contributed by atoms with E-state index in [1.807, 2.05) is 0 Å². The van der Waals surface area contributed by atoms with Gasteiger partial charge in [0.05, 0.1) is 6.67 Å². The predicted molar refractivity (Wildman–Crippen MR) is 89.3 cm³/mol. The summed E-state index contributed by atoms with van der Waals surface area (Å²) in [4.78, 5) is 2.78. The van der Waals surface area contributed by atoms with Gasteiger partial charge >= 0.3 is 0 Å². The first-order valence-corrected chi connectivity index (χ1v) is 8.33. The van der Waals surface area contributed by atoms with Gasteiger partial charge in [0.1, 0.15) is 0 Å². The summed E-state index contributed by atoms with van der Waals surface area (Å²) >= 11 is 5.30. The van der Waals surface area contributed by atoms with Crippen molar-refractivity contribution in [2.75, 3.05) is 7.05 Å². The van der Waals surface area contributed by atoms with Crippen molar-refractivity contribution in [2.24, 2.45) is 0 Å². The number of fused-ring (bicyclic) bond motifs is 1. The van der Waals surface area contributed by atoms with E-state index in [2.05, 4.69) is 55.2 Å². The molecule has 0 unspecified atom stereocenters. The highest BCUT2D eigenvalue weighted by molar-refractivity contribution is 7.71. The number of aryl methyl sites for hydroxylation is 1. The Morgan fingerprint density at radius 2 is 2.18 bits per heavy atom. The average Bonchev–Trinajstić information content (AvgIpc) is 2.88. The van der Waals surface area contributed by atoms with Gasteiger partial charge in [0.25, 0.3) is 4.84 Å². The second kappa shape index (κ2) is 6.34. The van der Waals surface area contributed by atoms with E-state index in [9.17, 15) is 0 Å². The molecule has 0 amide bonds. The quantitative estimate of drug-likeness (QED) is 0.788. The third-order valence-electron chi connectivity index (χ3n) is 4.34. The van der Waals surface area contributed by atoms with E-state index in [4.69, 9.17) is 16.6 Å². The molecule has 1 aliphatic carbocycles. The number of hydrogen-bond donors (Lipinski definition) is 0. The number of nitrogens with zero attached hydrogens (tertiary/aromatic N) is 3. The molecule has 1 aliphatic rings. The summed E-state index contributed by atoms with van der Waals surface area (Å²) in [6.45, 7) is 4.78. The lowest BCUT2D eigenvalue weighted by Crippen LogP contribution is -2.30. The highest BCUT2D eigenvalue weighted by Gasteiger charge is 2.24. The SMILES string of the molecule is CC(C)c1nn(CN(C)[C@H]2CCCc3ccccc32)c(=S)o1. The first-order valence-electron chi connectivity index (χ1n) is 7.92. The molecule has 0 fully saturated rings. The van der Waals surface area contributed by atoms with Crippen molar-refractivity contribution < 1.29 is 4.42 Å². The highest BCUT2D eigenvalue weighted by atomic mass is 32.1. The molecule has 4 nitrogen and oxygen atoms in total. The fourth-order valence-electron chi connectivity index (χ4n) is 3.14. The van der Waals surface area contributed by atoms with E-state index < -0.39 is 0 Å². The average molecular weight is 317 g/mol. The monoisotopic (exact) mass is 317 g/mol. The number of aromatic nitrogens is 2. The molecule has 2 aromatic rings. The molecule has 22 heavy (non-hydrogen) atoms. The summed E-state index contributed by atoms with van der Waals surface area (Å²) in [5.74, 6) is 0.964. The van der Waals surface area contributed by atoms with Gasteiger partial charge in [0.15, 0.2) is 0 Å². The minimum atomic E-state index is 0.253.